The predicted molar refractivity (Wildman–Crippen MR) is 80.4 cm³/mol. The standard InChI is InChI=1S/C14H23N3O3/c1-5-20-13-7-11(6-12(8-13)17(18)19)16(4)10-14(2,3)9-15/h6-8H,5,9-10,15H2,1-4H3. The second kappa shape index (κ2) is 6.56. The Kier molecular flexibility index (Phi) is 5.33. The Balaban J connectivity index is 3.06. The zero-order chi connectivity index (χ0) is 15.3. The molecule has 0 spiro atoms. The number of hydrogen-bond acceptors (Lipinski definition) is 5. The molecule has 0 saturated heterocycles. The van der Waals surface area contributed by atoms with Gasteiger partial charge in [-0.3, -0.25) is 10.1 Å². The Labute approximate surface area is 119 Å². The molecular weight excluding hydrogens is 258 g/mol. The highest BCUT2D eigenvalue weighted by molar-refractivity contribution is 5.57. The van der Waals surface area contributed by atoms with Gasteiger partial charge in [0.05, 0.1) is 17.6 Å². The molecule has 0 radical (unpaired) electrons. The predicted octanol–water partition coefficient (Wildman–Crippen LogP) is 2.41. The molecule has 0 bridgehead atoms. The average molecular weight is 281 g/mol. The first-order valence-electron chi connectivity index (χ1n) is 6.62. The second-order valence-corrected chi connectivity index (χ2v) is 5.60. The van der Waals surface area contributed by atoms with E-state index in [4.69, 9.17) is 10.5 Å². The summed E-state index contributed by atoms with van der Waals surface area (Å²) in [4.78, 5) is 12.5. The summed E-state index contributed by atoms with van der Waals surface area (Å²) in [5.41, 5.74) is 6.45. The number of nitro benzene ring substituents is 1. The molecule has 1 rings (SSSR count). The van der Waals surface area contributed by atoms with E-state index >= 15 is 0 Å². The Hall–Kier alpha value is -1.82. The topological polar surface area (TPSA) is 81.6 Å². The van der Waals surface area contributed by atoms with E-state index in [1.54, 1.807) is 6.07 Å². The third-order valence-corrected chi connectivity index (χ3v) is 3.06. The van der Waals surface area contributed by atoms with E-state index in [1.807, 2.05) is 24.9 Å². The van der Waals surface area contributed by atoms with Crippen LogP contribution in [0.5, 0.6) is 5.75 Å². The maximum Gasteiger partial charge on any atom is 0.275 e. The lowest BCUT2D eigenvalue weighted by Crippen LogP contribution is -2.36. The number of hydrogen-bond donors (Lipinski definition) is 1. The van der Waals surface area contributed by atoms with Crippen molar-refractivity contribution in [3.8, 4) is 5.75 Å². The first-order valence-corrected chi connectivity index (χ1v) is 6.62. The minimum Gasteiger partial charge on any atom is -0.494 e. The van der Waals surface area contributed by atoms with Gasteiger partial charge < -0.3 is 15.4 Å². The molecule has 0 heterocycles. The fraction of sp³-hybridized carbons (Fsp3) is 0.571. The summed E-state index contributed by atoms with van der Waals surface area (Å²) in [6.07, 6.45) is 0. The highest BCUT2D eigenvalue weighted by Gasteiger charge is 2.20. The summed E-state index contributed by atoms with van der Waals surface area (Å²) in [6, 6.07) is 4.80. The molecule has 6 nitrogen and oxygen atoms in total. The zero-order valence-corrected chi connectivity index (χ0v) is 12.5. The van der Waals surface area contributed by atoms with Crippen molar-refractivity contribution in [3.63, 3.8) is 0 Å². The smallest absolute Gasteiger partial charge is 0.275 e. The van der Waals surface area contributed by atoms with Crippen LogP contribution in [-0.2, 0) is 0 Å². The molecule has 112 valence electrons. The van der Waals surface area contributed by atoms with Crippen LogP contribution in [0, 0.1) is 15.5 Å². The lowest BCUT2D eigenvalue weighted by molar-refractivity contribution is -0.384. The van der Waals surface area contributed by atoms with Gasteiger partial charge >= 0.3 is 0 Å². The van der Waals surface area contributed by atoms with E-state index in [2.05, 4.69) is 13.8 Å². The van der Waals surface area contributed by atoms with Gasteiger partial charge in [0.15, 0.2) is 0 Å². The number of nitrogens with zero attached hydrogens (tertiary/aromatic N) is 2. The molecule has 2 N–H and O–H groups in total. The first-order chi connectivity index (χ1) is 9.29. The van der Waals surface area contributed by atoms with Gasteiger partial charge in [-0.25, -0.2) is 0 Å². The van der Waals surface area contributed by atoms with E-state index in [0.29, 0.717) is 25.4 Å². The van der Waals surface area contributed by atoms with Crippen molar-refractivity contribution in [2.45, 2.75) is 20.8 Å². The summed E-state index contributed by atoms with van der Waals surface area (Å²) in [6.45, 7) is 7.69. The molecule has 0 aliphatic carbocycles. The number of nitrogens with two attached hydrogens (primary N) is 1. The van der Waals surface area contributed by atoms with E-state index in [1.165, 1.54) is 6.07 Å². The number of nitro groups is 1. The van der Waals surface area contributed by atoms with Crippen LogP contribution in [0.2, 0.25) is 0 Å². The van der Waals surface area contributed by atoms with Crippen LogP contribution in [0.25, 0.3) is 0 Å². The van der Waals surface area contributed by atoms with Crippen LogP contribution >= 0.6 is 0 Å². The third-order valence-electron chi connectivity index (χ3n) is 3.06. The Bertz CT molecular complexity index is 475. The molecular formula is C14H23N3O3. The van der Waals surface area contributed by atoms with Crippen molar-refractivity contribution in [2.75, 3.05) is 31.6 Å². The van der Waals surface area contributed by atoms with Crippen molar-refractivity contribution in [1.29, 1.82) is 0 Å². The van der Waals surface area contributed by atoms with Gasteiger partial charge in [0.2, 0.25) is 0 Å². The largest absolute Gasteiger partial charge is 0.494 e. The Morgan fingerprint density at radius 2 is 2.05 bits per heavy atom. The van der Waals surface area contributed by atoms with Gasteiger partial charge in [0.1, 0.15) is 5.75 Å². The summed E-state index contributed by atoms with van der Waals surface area (Å²) in [5.74, 6) is 0.508. The Morgan fingerprint density at radius 1 is 1.40 bits per heavy atom. The van der Waals surface area contributed by atoms with Crippen molar-refractivity contribution in [3.05, 3.63) is 28.3 Å². The molecule has 6 heteroatoms. The molecule has 0 aliphatic heterocycles. The minimum absolute atomic E-state index is 0.0309. The number of non-ortho nitro benzene ring substituents is 1. The monoisotopic (exact) mass is 281 g/mol. The fourth-order valence-corrected chi connectivity index (χ4v) is 1.94. The SMILES string of the molecule is CCOc1cc(N(C)CC(C)(C)CN)cc([N+](=O)[O-])c1. The highest BCUT2D eigenvalue weighted by Crippen LogP contribution is 2.29. The van der Waals surface area contributed by atoms with E-state index in [-0.39, 0.29) is 11.1 Å². The van der Waals surface area contributed by atoms with Gasteiger partial charge in [-0.2, -0.15) is 0 Å². The van der Waals surface area contributed by atoms with Gasteiger partial charge in [-0.15, -0.1) is 0 Å². The lowest BCUT2D eigenvalue weighted by Gasteiger charge is -2.30. The summed E-state index contributed by atoms with van der Waals surface area (Å²) >= 11 is 0. The molecule has 20 heavy (non-hydrogen) atoms. The normalized spacial score (nSPS) is 11.2. The van der Waals surface area contributed by atoms with E-state index in [0.717, 1.165) is 5.69 Å². The zero-order valence-electron chi connectivity index (χ0n) is 12.5. The van der Waals surface area contributed by atoms with Crippen molar-refractivity contribution in [2.24, 2.45) is 11.1 Å². The van der Waals surface area contributed by atoms with E-state index < -0.39 is 4.92 Å². The average Bonchev–Trinajstić information content (AvgIpc) is 2.38. The van der Waals surface area contributed by atoms with Gasteiger partial charge in [-0.05, 0) is 18.9 Å². The number of rotatable bonds is 7. The minimum atomic E-state index is -0.409. The molecule has 0 aliphatic rings. The quantitative estimate of drug-likeness (QED) is 0.613. The fourth-order valence-electron chi connectivity index (χ4n) is 1.94. The molecule has 0 amide bonds. The second-order valence-electron chi connectivity index (χ2n) is 5.60. The summed E-state index contributed by atoms with van der Waals surface area (Å²) in [5, 5.41) is 11.0. The van der Waals surface area contributed by atoms with Crippen molar-refractivity contribution < 1.29 is 9.66 Å². The van der Waals surface area contributed by atoms with Crippen molar-refractivity contribution >= 4 is 11.4 Å². The summed E-state index contributed by atoms with van der Waals surface area (Å²) < 4.78 is 5.39. The molecule has 0 unspecified atom stereocenters. The number of ether oxygens (including phenoxy) is 1. The summed E-state index contributed by atoms with van der Waals surface area (Å²) in [7, 11) is 1.90. The van der Waals surface area contributed by atoms with Crippen LogP contribution in [0.15, 0.2) is 18.2 Å². The maximum atomic E-state index is 11.0. The molecule has 1 aromatic rings. The van der Waals surface area contributed by atoms with E-state index in [9.17, 15) is 10.1 Å². The van der Waals surface area contributed by atoms with Crippen molar-refractivity contribution in [1.82, 2.24) is 0 Å². The third kappa shape index (κ3) is 4.38. The number of anilines is 1. The van der Waals surface area contributed by atoms with Crippen LogP contribution < -0.4 is 15.4 Å². The molecule has 0 atom stereocenters. The molecule has 0 fully saturated rings. The van der Waals surface area contributed by atoms with Crippen LogP contribution in [0.3, 0.4) is 0 Å². The lowest BCUT2D eigenvalue weighted by atomic mass is 9.93. The van der Waals surface area contributed by atoms with Gasteiger partial charge in [0, 0.05) is 31.4 Å². The van der Waals surface area contributed by atoms with Crippen LogP contribution in [0.4, 0.5) is 11.4 Å². The van der Waals surface area contributed by atoms with Crippen LogP contribution in [0.1, 0.15) is 20.8 Å². The van der Waals surface area contributed by atoms with Gasteiger partial charge in [0.25, 0.3) is 5.69 Å². The Morgan fingerprint density at radius 3 is 2.55 bits per heavy atom. The molecule has 0 aromatic heterocycles. The molecule has 1 aromatic carbocycles. The maximum absolute atomic E-state index is 11.0. The highest BCUT2D eigenvalue weighted by atomic mass is 16.6. The number of benzene rings is 1. The van der Waals surface area contributed by atoms with Crippen LogP contribution in [-0.4, -0.2) is 31.7 Å². The molecule has 0 saturated carbocycles. The van der Waals surface area contributed by atoms with Gasteiger partial charge in [-0.1, -0.05) is 13.8 Å². The first kappa shape index (κ1) is 16.2.